The lowest BCUT2D eigenvalue weighted by molar-refractivity contribution is -0.127. The standard InChI is InChI=1S/C14H24N2O5S/c1-14(2)15(3)10(9-21-14)8-11(22-7-5-17)12(18)16-4-6-20-13(16)19/h10-11,17H,4-9H2,1-3H3. The highest BCUT2D eigenvalue weighted by Gasteiger charge is 2.41. The highest BCUT2D eigenvalue weighted by atomic mass is 32.2. The number of cyclic esters (lactones) is 1. The Kier molecular flexibility index (Phi) is 5.70. The van der Waals surface area contributed by atoms with Gasteiger partial charge in [0, 0.05) is 11.8 Å². The van der Waals surface area contributed by atoms with Gasteiger partial charge in [-0.3, -0.25) is 9.69 Å². The van der Waals surface area contributed by atoms with Gasteiger partial charge in [0.25, 0.3) is 0 Å². The highest BCUT2D eigenvalue weighted by Crippen LogP contribution is 2.30. The van der Waals surface area contributed by atoms with Gasteiger partial charge in [0.1, 0.15) is 12.3 Å². The third kappa shape index (κ3) is 3.73. The van der Waals surface area contributed by atoms with Gasteiger partial charge in [-0.05, 0) is 27.3 Å². The summed E-state index contributed by atoms with van der Waals surface area (Å²) in [6.07, 6.45) is 0.00341. The molecule has 126 valence electrons. The Bertz CT molecular complexity index is 431. The zero-order chi connectivity index (χ0) is 16.3. The summed E-state index contributed by atoms with van der Waals surface area (Å²) < 4.78 is 10.6. The van der Waals surface area contributed by atoms with Crippen molar-refractivity contribution in [3.8, 4) is 0 Å². The molecule has 2 amide bonds. The maximum absolute atomic E-state index is 12.6. The Morgan fingerprint density at radius 3 is 2.77 bits per heavy atom. The van der Waals surface area contributed by atoms with Crippen molar-refractivity contribution in [1.29, 1.82) is 0 Å². The molecule has 0 spiro atoms. The first-order valence-corrected chi connectivity index (χ1v) is 8.49. The van der Waals surface area contributed by atoms with Gasteiger partial charge < -0.3 is 14.6 Å². The maximum atomic E-state index is 12.6. The molecule has 0 aromatic carbocycles. The summed E-state index contributed by atoms with van der Waals surface area (Å²) in [6, 6.07) is 0.105. The fourth-order valence-electron chi connectivity index (χ4n) is 2.63. The van der Waals surface area contributed by atoms with Crippen LogP contribution < -0.4 is 0 Å². The molecule has 2 unspecified atom stereocenters. The normalized spacial score (nSPS) is 26.3. The van der Waals surface area contributed by atoms with Crippen molar-refractivity contribution in [2.45, 2.75) is 37.3 Å². The number of carbonyl (C=O) groups is 2. The van der Waals surface area contributed by atoms with Crippen LogP contribution in [0.4, 0.5) is 4.79 Å². The summed E-state index contributed by atoms with van der Waals surface area (Å²) in [6.45, 7) is 5.08. The topological polar surface area (TPSA) is 79.3 Å². The van der Waals surface area contributed by atoms with Crippen LogP contribution in [-0.4, -0.2) is 83.1 Å². The number of aliphatic hydroxyl groups is 1. The van der Waals surface area contributed by atoms with Crippen molar-refractivity contribution in [2.75, 3.05) is 39.2 Å². The lowest BCUT2D eigenvalue weighted by Gasteiger charge is -2.31. The van der Waals surface area contributed by atoms with Gasteiger partial charge in [-0.2, -0.15) is 0 Å². The van der Waals surface area contributed by atoms with Gasteiger partial charge in [0.2, 0.25) is 5.91 Å². The highest BCUT2D eigenvalue weighted by molar-refractivity contribution is 8.00. The van der Waals surface area contributed by atoms with E-state index in [1.54, 1.807) is 0 Å². The van der Waals surface area contributed by atoms with Crippen molar-refractivity contribution in [1.82, 2.24) is 9.80 Å². The van der Waals surface area contributed by atoms with E-state index in [4.69, 9.17) is 14.6 Å². The van der Waals surface area contributed by atoms with Crippen molar-refractivity contribution in [3.63, 3.8) is 0 Å². The minimum atomic E-state index is -0.573. The maximum Gasteiger partial charge on any atom is 0.416 e. The van der Waals surface area contributed by atoms with E-state index in [-0.39, 0.29) is 36.1 Å². The van der Waals surface area contributed by atoms with Gasteiger partial charge in [0.05, 0.1) is 25.0 Å². The predicted molar refractivity (Wildman–Crippen MR) is 82.6 cm³/mol. The zero-order valence-electron chi connectivity index (χ0n) is 13.3. The number of nitrogens with zero attached hydrogens (tertiary/aromatic N) is 2. The molecule has 0 aliphatic carbocycles. The lowest BCUT2D eigenvalue weighted by Crippen LogP contribution is -2.45. The van der Waals surface area contributed by atoms with Crippen LogP contribution in [0.15, 0.2) is 0 Å². The van der Waals surface area contributed by atoms with Crippen molar-refractivity contribution < 1.29 is 24.2 Å². The Balaban J connectivity index is 2.03. The minimum Gasteiger partial charge on any atom is -0.447 e. The molecule has 2 heterocycles. The molecule has 0 aromatic rings. The molecule has 1 N–H and O–H groups in total. The van der Waals surface area contributed by atoms with E-state index in [0.717, 1.165) is 4.90 Å². The molecule has 0 radical (unpaired) electrons. The van der Waals surface area contributed by atoms with Crippen LogP contribution in [0, 0.1) is 0 Å². The van der Waals surface area contributed by atoms with Gasteiger partial charge in [-0.25, -0.2) is 9.69 Å². The van der Waals surface area contributed by atoms with Gasteiger partial charge in [-0.1, -0.05) is 0 Å². The number of rotatable bonds is 6. The van der Waals surface area contributed by atoms with E-state index in [2.05, 4.69) is 4.90 Å². The summed E-state index contributed by atoms with van der Waals surface area (Å²) in [5.74, 6) is 0.221. The second-order valence-electron chi connectivity index (χ2n) is 5.95. The number of aliphatic hydroxyl groups excluding tert-OH is 1. The fourth-order valence-corrected chi connectivity index (χ4v) is 3.65. The quantitative estimate of drug-likeness (QED) is 0.759. The molecule has 2 fully saturated rings. The summed E-state index contributed by atoms with van der Waals surface area (Å²) in [4.78, 5) is 27.4. The third-order valence-corrected chi connectivity index (χ3v) is 5.44. The molecular weight excluding hydrogens is 308 g/mol. The van der Waals surface area contributed by atoms with Gasteiger partial charge in [0.15, 0.2) is 0 Å². The van der Waals surface area contributed by atoms with Crippen molar-refractivity contribution in [3.05, 3.63) is 0 Å². The molecule has 0 aromatic heterocycles. The fraction of sp³-hybridized carbons (Fsp3) is 0.857. The molecule has 0 bridgehead atoms. The monoisotopic (exact) mass is 332 g/mol. The van der Waals surface area contributed by atoms with Gasteiger partial charge >= 0.3 is 6.09 Å². The SMILES string of the molecule is CN1C(CC(SCCO)C(=O)N2CCOC2=O)COC1(C)C. The van der Waals surface area contributed by atoms with Crippen LogP contribution in [0.25, 0.3) is 0 Å². The number of hydrogen-bond acceptors (Lipinski definition) is 7. The smallest absolute Gasteiger partial charge is 0.416 e. The van der Waals surface area contributed by atoms with Crippen LogP contribution in [-0.2, 0) is 14.3 Å². The Hall–Kier alpha value is -0.830. The Morgan fingerprint density at radius 1 is 1.55 bits per heavy atom. The number of amides is 2. The lowest BCUT2D eigenvalue weighted by atomic mass is 10.1. The Morgan fingerprint density at radius 2 is 2.27 bits per heavy atom. The summed E-state index contributed by atoms with van der Waals surface area (Å²) in [5.41, 5.74) is -0.355. The van der Waals surface area contributed by atoms with Crippen LogP contribution in [0.2, 0.25) is 0 Å². The van der Waals surface area contributed by atoms with Crippen molar-refractivity contribution >= 4 is 23.8 Å². The average Bonchev–Trinajstić information content (AvgIpc) is 3.00. The number of ether oxygens (including phenoxy) is 2. The van der Waals surface area contributed by atoms with E-state index in [0.29, 0.717) is 25.3 Å². The molecule has 8 heteroatoms. The molecule has 0 saturated carbocycles. The molecule has 2 saturated heterocycles. The van der Waals surface area contributed by atoms with E-state index in [9.17, 15) is 9.59 Å². The third-order valence-electron chi connectivity index (χ3n) is 4.22. The number of hydrogen-bond donors (Lipinski definition) is 1. The van der Waals surface area contributed by atoms with Crippen LogP contribution in [0.3, 0.4) is 0 Å². The first-order valence-electron chi connectivity index (χ1n) is 7.44. The molecule has 2 aliphatic heterocycles. The molecule has 2 rings (SSSR count). The zero-order valence-corrected chi connectivity index (χ0v) is 14.1. The molecule has 7 nitrogen and oxygen atoms in total. The number of carbonyl (C=O) groups excluding carboxylic acids is 2. The van der Waals surface area contributed by atoms with E-state index >= 15 is 0 Å². The summed E-state index contributed by atoms with van der Waals surface area (Å²) >= 11 is 1.38. The number of imide groups is 1. The molecule has 2 aliphatic rings. The first-order chi connectivity index (χ1) is 10.4. The Labute approximate surface area is 134 Å². The molecule has 2 atom stereocenters. The van der Waals surface area contributed by atoms with Gasteiger partial charge in [-0.15, -0.1) is 11.8 Å². The van der Waals surface area contributed by atoms with Crippen molar-refractivity contribution in [2.24, 2.45) is 0 Å². The largest absolute Gasteiger partial charge is 0.447 e. The first kappa shape index (κ1) is 17.5. The van der Waals surface area contributed by atoms with Crippen LogP contribution >= 0.6 is 11.8 Å². The molecular formula is C14H24N2O5S. The van der Waals surface area contributed by atoms with E-state index < -0.39 is 6.09 Å². The minimum absolute atomic E-state index is 0.00138. The van der Waals surface area contributed by atoms with E-state index in [1.807, 2.05) is 20.9 Å². The average molecular weight is 332 g/mol. The second-order valence-corrected chi connectivity index (χ2v) is 7.26. The van der Waals surface area contributed by atoms with Crippen LogP contribution in [0.1, 0.15) is 20.3 Å². The summed E-state index contributed by atoms with van der Waals surface area (Å²) in [7, 11) is 1.97. The predicted octanol–water partition coefficient (Wildman–Crippen LogP) is 0.516. The number of thioether (sulfide) groups is 1. The summed E-state index contributed by atoms with van der Waals surface area (Å²) in [5, 5.41) is 8.65. The van der Waals surface area contributed by atoms with Crippen LogP contribution in [0.5, 0.6) is 0 Å². The second kappa shape index (κ2) is 7.16. The number of likely N-dealkylation sites (N-methyl/N-ethyl adjacent to an activating group) is 1. The molecule has 22 heavy (non-hydrogen) atoms. The van der Waals surface area contributed by atoms with E-state index in [1.165, 1.54) is 11.8 Å².